The highest BCUT2D eigenvalue weighted by Gasteiger charge is 2.48. The number of fused-ring (bicyclic) bond motifs is 1. The maximum absolute atomic E-state index is 13.1. The Morgan fingerprint density at radius 1 is 1.25 bits per heavy atom. The number of aliphatic hydroxyl groups is 2. The Hall–Kier alpha value is -3.88. The first-order chi connectivity index (χ1) is 17.2. The number of halogens is 1. The van der Waals surface area contributed by atoms with E-state index in [0.29, 0.717) is 0 Å². The van der Waals surface area contributed by atoms with Crippen LogP contribution in [0.25, 0.3) is 11.2 Å². The van der Waals surface area contributed by atoms with E-state index >= 15 is 0 Å². The van der Waals surface area contributed by atoms with Gasteiger partial charge in [-0.05, 0) is 37.1 Å². The van der Waals surface area contributed by atoms with Gasteiger partial charge in [-0.15, -0.1) is 0 Å². The molecule has 36 heavy (non-hydrogen) atoms. The first-order valence-electron chi connectivity index (χ1n) is 11.2. The number of nitrogens with zero attached hydrogens (tertiary/aromatic N) is 5. The number of nitrogens with one attached hydrogen (secondary N) is 1. The predicted octanol–water partition coefficient (Wildman–Crippen LogP) is 0.0762. The standard InChI is InChI=1S/C22H24FN7O6/c1-29(22(34)35-12-6-2-10(23)3-7-12)8-13-27-18(24)14-19(28-13)30(9-25-14)21-16(32)15(31)17(36-21)20(33)26-11-4-5-11/h2-3,6-7,9,11,15-17,21,31-32H,4-5,8H2,1H3,(H,26,33)(H2,24,27,28)/t15?,16?,17-,21+/m0/s1. The van der Waals surface area contributed by atoms with Crippen molar-refractivity contribution in [3.8, 4) is 5.75 Å². The molecule has 14 heteroatoms. The van der Waals surface area contributed by atoms with Gasteiger partial charge in [-0.1, -0.05) is 0 Å². The van der Waals surface area contributed by atoms with Crippen LogP contribution in [-0.4, -0.2) is 78.0 Å². The fraction of sp³-hybridized carbons (Fsp3) is 0.409. The highest BCUT2D eigenvalue weighted by atomic mass is 19.1. The van der Waals surface area contributed by atoms with E-state index in [4.69, 9.17) is 15.2 Å². The summed E-state index contributed by atoms with van der Waals surface area (Å²) in [5, 5.41) is 23.8. The van der Waals surface area contributed by atoms with Crippen LogP contribution in [0.1, 0.15) is 24.9 Å². The number of carbonyl (C=O) groups is 2. The molecule has 1 aromatic carbocycles. The molecule has 13 nitrogen and oxygen atoms in total. The number of imidazole rings is 1. The van der Waals surface area contributed by atoms with Crippen LogP contribution in [0.4, 0.5) is 15.0 Å². The van der Waals surface area contributed by atoms with Gasteiger partial charge in [-0.3, -0.25) is 9.36 Å². The fourth-order valence-corrected chi connectivity index (χ4v) is 3.82. The number of ether oxygens (including phenoxy) is 2. The summed E-state index contributed by atoms with van der Waals surface area (Å²) in [7, 11) is 1.45. The Morgan fingerprint density at radius 3 is 2.67 bits per heavy atom. The Balaban J connectivity index is 1.34. The van der Waals surface area contributed by atoms with E-state index in [1.165, 1.54) is 35.0 Å². The molecule has 2 aromatic heterocycles. The van der Waals surface area contributed by atoms with Crippen molar-refractivity contribution >= 4 is 29.0 Å². The molecule has 1 saturated heterocycles. The second-order valence-corrected chi connectivity index (χ2v) is 8.74. The molecule has 5 N–H and O–H groups in total. The summed E-state index contributed by atoms with van der Waals surface area (Å²) in [6.45, 7) is -0.103. The van der Waals surface area contributed by atoms with Crippen molar-refractivity contribution < 1.29 is 33.7 Å². The third kappa shape index (κ3) is 4.65. The molecule has 2 unspecified atom stereocenters. The predicted molar refractivity (Wildman–Crippen MR) is 121 cm³/mol. The molecule has 1 aliphatic heterocycles. The maximum Gasteiger partial charge on any atom is 0.415 e. The third-order valence-electron chi connectivity index (χ3n) is 5.90. The normalized spacial score (nSPS) is 23.6. The number of hydrogen-bond acceptors (Lipinski definition) is 10. The molecule has 2 amide bonds. The van der Waals surface area contributed by atoms with Crippen molar-refractivity contribution in [1.82, 2.24) is 29.7 Å². The van der Waals surface area contributed by atoms with Crippen LogP contribution in [0, 0.1) is 5.82 Å². The van der Waals surface area contributed by atoms with Crippen LogP contribution in [0.5, 0.6) is 5.75 Å². The number of nitrogens with two attached hydrogens (primary N) is 1. The lowest BCUT2D eigenvalue weighted by Gasteiger charge is -2.18. The van der Waals surface area contributed by atoms with Crippen molar-refractivity contribution in [2.75, 3.05) is 12.8 Å². The minimum absolute atomic E-state index is 0.0186. The lowest BCUT2D eigenvalue weighted by atomic mass is 10.1. The second-order valence-electron chi connectivity index (χ2n) is 8.74. The van der Waals surface area contributed by atoms with Gasteiger partial charge in [0.2, 0.25) is 0 Å². The quantitative estimate of drug-likeness (QED) is 0.361. The van der Waals surface area contributed by atoms with E-state index in [-0.39, 0.29) is 41.1 Å². The maximum atomic E-state index is 13.1. The van der Waals surface area contributed by atoms with E-state index in [1.54, 1.807) is 0 Å². The minimum Gasteiger partial charge on any atom is -0.410 e. The van der Waals surface area contributed by atoms with Gasteiger partial charge in [-0.2, -0.15) is 0 Å². The first kappa shape index (κ1) is 23.8. The molecule has 2 fully saturated rings. The molecule has 190 valence electrons. The van der Waals surface area contributed by atoms with Gasteiger partial charge in [-0.25, -0.2) is 24.1 Å². The Morgan fingerprint density at radius 2 is 1.97 bits per heavy atom. The van der Waals surface area contributed by atoms with Gasteiger partial charge < -0.3 is 35.6 Å². The van der Waals surface area contributed by atoms with Crippen LogP contribution in [-0.2, 0) is 16.1 Å². The summed E-state index contributed by atoms with van der Waals surface area (Å²) in [4.78, 5) is 38.8. The van der Waals surface area contributed by atoms with Gasteiger partial charge in [0, 0.05) is 13.1 Å². The van der Waals surface area contributed by atoms with Crippen molar-refractivity contribution in [2.45, 2.75) is 50.0 Å². The molecule has 3 aromatic rings. The second kappa shape index (κ2) is 9.29. The summed E-state index contributed by atoms with van der Waals surface area (Å²) in [5.74, 6) is -0.655. The van der Waals surface area contributed by atoms with Crippen LogP contribution < -0.4 is 15.8 Å². The van der Waals surface area contributed by atoms with E-state index in [0.717, 1.165) is 25.0 Å². The first-order valence-corrected chi connectivity index (χ1v) is 11.2. The molecule has 5 rings (SSSR count). The van der Waals surface area contributed by atoms with Crippen molar-refractivity contribution in [1.29, 1.82) is 0 Å². The molecular weight excluding hydrogens is 477 g/mol. The zero-order valence-electron chi connectivity index (χ0n) is 19.1. The van der Waals surface area contributed by atoms with Crippen LogP contribution in [0.3, 0.4) is 0 Å². The fourth-order valence-electron chi connectivity index (χ4n) is 3.82. The summed E-state index contributed by atoms with van der Waals surface area (Å²) in [6.07, 6.45) is -3.04. The lowest BCUT2D eigenvalue weighted by Crippen LogP contribution is -2.43. The zero-order chi connectivity index (χ0) is 25.6. The largest absolute Gasteiger partial charge is 0.415 e. The zero-order valence-corrected chi connectivity index (χ0v) is 19.1. The average molecular weight is 501 g/mol. The summed E-state index contributed by atoms with van der Waals surface area (Å²) in [5.41, 5.74) is 6.44. The summed E-state index contributed by atoms with van der Waals surface area (Å²) >= 11 is 0. The average Bonchev–Trinajstić information content (AvgIpc) is 3.48. The van der Waals surface area contributed by atoms with Gasteiger partial charge in [0.1, 0.15) is 29.3 Å². The van der Waals surface area contributed by atoms with Crippen molar-refractivity contribution in [2.24, 2.45) is 0 Å². The number of carbonyl (C=O) groups excluding carboxylic acids is 2. The number of aliphatic hydroxyl groups excluding tert-OH is 2. The summed E-state index contributed by atoms with van der Waals surface area (Å²) < 4.78 is 25.3. The van der Waals surface area contributed by atoms with Crippen molar-refractivity contribution in [3.05, 3.63) is 42.2 Å². The van der Waals surface area contributed by atoms with Crippen LogP contribution in [0.15, 0.2) is 30.6 Å². The molecular formula is C22H24FN7O6. The number of aromatic nitrogens is 4. The number of rotatable bonds is 6. The van der Waals surface area contributed by atoms with Gasteiger partial charge in [0.05, 0.1) is 12.9 Å². The van der Waals surface area contributed by atoms with Crippen LogP contribution >= 0.6 is 0 Å². The minimum atomic E-state index is -1.46. The third-order valence-corrected chi connectivity index (χ3v) is 5.90. The molecule has 1 saturated carbocycles. The molecule has 4 atom stereocenters. The lowest BCUT2D eigenvalue weighted by molar-refractivity contribution is -0.137. The molecule has 3 heterocycles. The van der Waals surface area contributed by atoms with Crippen molar-refractivity contribution in [3.63, 3.8) is 0 Å². The van der Waals surface area contributed by atoms with Gasteiger partial charge in [0.15, 0.2) is 29.6 Å². The molecule has 0 radical (unpaired) electrons. The number of benzene rings is 1. The Bertz CT molecular complexity index is 1300. The monoisotopic (exact) mass is 501 g/mol. The van der Waals surface area contributed by atoms with E-state index in [9.17, 15) is 24.2 Å². The Kier molecular flexibility index (Phi) is 6.15. The summed E-state index contributed by atoms with van der Waals surface area (Å²) in [6, 6.07) is 5.02. The molecule has 1 aliphatic carbocycles. The highest BCUT2D eigenvalue weighted by Crippen LogP contribution is 2.33. The molecule has 0 bridgehead atoms. The number of amides is 2. The van der Waals surface area contributed by atoms with E-state index in [2.05, 4.69) is 20.3 Å². The number of anilines is 1. The van der Waals surface area contributed by atoms with Gasteiger partial charge >= 0.3 is 6.09 Å². The molecule has 0 spiro atoms. The Labute approximate surface area is 203 Å². The molecule has 2 aliphatic rings. The van der Waals surface area contributed by atoms with E-state index in [1.807, 2.05) is 0 Å². The SMILES string of the molecule is CN(Cc1nc(N)c2ncn([C@@H]3O[C@H](C(=O)NC4CC4)C(O)C3O)c2n1)C(=O)Oc1ccc(F)cc1. The van der Waals surface area contributed by atoms with Crippen LogP contribution in [0.2, 0.25) is 0 Å². The van der Waals surface area contributed by atoms with Gasteiger partial charge in [0.25, 0.3) is 5.91 Å². The number of hydrogen-bond donors (Lipinski definition) is 4. The topological polar surface area (TPSA) is 178 Å². The highest BCUT2D eigenvalue weighted by molar-refractivity contribution is 5.83. The number of nitrogen functional groups attached to an aromatic ring is 1. The smallest absolute Gasteiger partial charge is 0.410 e. The van der Waals surface area contributed by atoms with E-state index < -0.39 is 42.4 Å².